The Morgan fingerprint density at radius 3 is 1.37 bits per heavy atom. The van der Waals surface area contributed by atoms with Gasteiger partial charge in [0.05, 0.1) is 5.69 Å². The smallest absolute Gasteiger partial charge is 0.0543 e. The van der Waals surface area contributed by atoms with E-state index in [1.165, 1.54) is 132 Å². The lowest BCUT2D eigenvalue weighted by molar-refractivity contribution is 0.550. The molecule has 1 heteroatoms. The molecule has 0 radical (unpaired) electrons. The van der Waals surface area contributed by atoms with Crippen molar-refractivity contribution in [2.24, 2.45) is 0 Å². The molecule has 3 aliphatic carbocycles. The number of hydrogen-bond acceptors (Lipinski definition) is 1. The first-order chi connectivity index (χ1) is 31.5. The summed E-state index contributed by atoms with van der Waals surface area (Å²) in [6.45, 7) is 33.1. The van der Waals surface area contributed by atoms with Crippen LogP contribution in [0.2, 0.25) is 0 Å². The number of anilines is 3. The van der Waals surface area contributed by atoms with Gasteiger partial charge in [-0.2, -0.15) is 0 Å². The summed E-state index contributed by atoms with van der Waals surface area (Å²) < 4.78 is 0. The largest absolute Gasteiger partial charge is 0.310 e. The molecule has 7 aromatic carbocycles. The van der Waals surface area contributed by atoms with Gasteiger partial charge in [-0.25, -0.2) is 0 Å². The van der Waals surface area contributed by atoms with Crippen LogP contribution in [0.25, 0.3) is 44.5 Å². The van der Waals surface area contributed by atoms with Gasteiger partial charge in [0.2, 0.25) is 0 Å². The first-order valence-electron chi connectivity index (χ1n) is 25.2. The molecule has 0 atom stereocenters. The zero-order chi connectivity index (χ0) is 47.6. The van der Waals surface area contributed by atoms with Crippen molar-refractivity contribution in [1.82, 2.24) is 0 Å². The quantitative estimate of drug-likeness (QED) is 0.166. The molecular weight excluding hydrogens is 807 g/mol. The molecule has 1 spiro atoms. The Morgan fingerprint density at radius 2 is 0.806 bits per heavy atom. The molecule has 0 bridgehead atoms. The summed E-state index contributed by atoms with van der Waals surface area (Å²) >= 11 is 0. The Bertz CT molecular complexity index is 3050. The van der Waals surface area contributed by atoms with Gasteiger partial charge in [-0.1, -0.05) is 213 Å². The molecule has 0 amide bonds. The lowest BCUT2D eigenvalue weighted by Crippen LogP contribution is -2.21. The molecule has 10 rings (SSSR count). The van der Waals surface area contributed by atoms with Crippen molar-refractivity contribution in [3.8, 4) is 44.5 Å². The maximum absolute atomic E-state index is 2.65. The van der Waals surface area contributed by atoms with Gasteiger partial charge < -0.3 is 4.90 Å². The van der Waals surface area contributed by atoms with Gasteiger partial charge in [0.15, 0.2) is 0 Å². The highest BCUT2D eigenvalue weighted by atomic mass is 15.1. The van der Waals surface area contributed by atoms with Gasteiger partial charge >= 0.3 is 0 Å². The van der Waals surface area contributed by atoms with Gasteiger partial charge in [0.1, 0.15) is 0 Å². The van der Waals surface area contributed by atoms with Crippen LogP contribution in [0.15, 0.2) is 140 Å². The van der Waals surface area contributed by atoms with Gasteiger partial charge in [-0.05, 0) is 154 Å². The third-order valence-corrected chi connectivity index (χ3v) is 16.0. The van der Waals surface area contributed by atoms with E-state index in [0.717, 1.165) is 0 Å². The van der Waals surface area contributed by atoms with E-state index >= 15 is 0 Å². The fourth-order valence-corrected chi connectivity index (χ4v) is 11.9. The summed E-state index contributed by atoms with van der Waals surface area (Å²) in [5, 5.41) is 0. The average molecular weight is 880 g/mol. The third kappa shape index (κ3) is 7.51. The average Bonchev–Trinajstić information content (AvgIpc) is 3.94. The summed E-state index contributed by atoms with van der Waals surface area (Å²) in [4.78, 5) is 2.65. The fraction of sp³-hybridized carbons (Fsp3) is 0.364. The second-order valence-corrected chi connectivity index (χ2v) is 25.1. The molecule has 0 heterocycles. The van der Waals surface area contributed by atoms with Crippen molar-refractivity contribution in [1.29, 1.82) is 0 Å². The van der Waals surface area contributed by atoms with Crippen LogP contribution in [0.3, 0.4) is 0 Å². The Labute approximate surface area is 403 Å². The summed E-state index contributed by atoms with van der Waals surface area (Å²) in [5.41, 5.74) is 25.2. The second kappa shape index (κ2) is 15.4. The van der Waals surface area contributed by atoms with E-state index in [2.05, 4.69) is 241 Å². The minimum atomic E-state index is -0.145. The topological polar surface area (TPSA) is 3.24 Å². The predicted molar refractivity (Wildman–Crippen MR) is 289 cm³/mol. The Kier molecular flexibility index (Phi) is 10.4. The second-order valence-electron chi connectivity index (χ2n) is 25.1. The van der Waals surface area contributed by atoms with E-state index in [-0.39, 0.29) is 32.5 Å². The van der Waals surface area contributed by atoms with E-state index < -0.39 is 0 Å². The normalized spacial score (nSPS) is 15.9. The van der Waals surface area contributed by atoms with Gasteiger partial charge in [-0.15, -0.1) is 0 Å². The van der Waals surface area contributed by atoms with Crippen molar-refractivity contribution in [3.63, 3.8) is 0 Å². The van der Waals surface area contributed by atoms with Crippen LogP contribution in [0.4, 0.5) is 17.1 Å². The Hall–Kier alpha value is -5.66. The van der Waals surface area contributed by atoms with Crippen LogP contribution >= 0.6 is 0 Å². The van der Waals surface area contributed by atoms with E-state index in [1.807, 2.05) is 0 Å². The zero-order valence-electron chi connectivity index (χ0n) is 43.1. The maximum Gasteiger partial charge on any atom is 0.0543 e. The van der Waals surface area contributed by atoms with Crippen LogP contribution in [0.1, 0.15) is 167 Å². The number of nitrogens with zero attached hydrogens (tertiary/aromatic N) is 1. The van der Waals surface area contributed by atoms with E-state index in [9.17, 15) is 0 Å². The molecule has 1 saturated carbocycles. The standard InChI is InChI=1S/C66H73N/c1-61(2,3)43-25-29-49(42-35-45(63(7,8)9)37-46(36-42)64(10,11)12)55(38-43)54-30-26-44(62(4,5)6)39-60(54)67(47-27-31-52-50-21-15-17-23-56(50)65(13,14)58(52)40-47)48-28-32-53-51-22-16-18-24-57(51)66(59(53)41-48)33-19-20-34-66/h15-18,21-32,35-41H,19-20,33-34H2,1-14H3. The predicted octanol–water partition coefficient (Wildman–Crippen LogP) is 18.8. The first kappa shape index (κ1) is 45.1. The Morgan fingerprint density at radius 1 is 0.358 bits per heavy atom. The van der Waals surface area contributed by atoms with Crippen molar-refractivity contribution in [3.05, 3.63) is 184 Å². The van der Waals surface area contributed by atoms with Crippen molar-refractivity contribution in [2.45, 2.75) is 155 Å². The van der Waals surface area contributed by atoms with Crippen LogP contribution in [-0.2, 0) is 32.5 Å². The molecule has 1 fully saturated rings. The number of benzene rings is 7. The molecule has 67 heavy (non-hydrogen) atoms. The minimum Gasteiger partial charge on any atom is -0.310 e. The van der Waals surface area contributed by atoms with E-state index in [0.29, 0.717) is 0 Å². The highest BCUT2D eigenvalue weighted by molar-refractivity contribution is 5.96. The summed E-state index contributed by atoms with van der Waals surface area (Å²) in [5.74, 6) is 0. The molecule has 0 N–H and O–H groups in total. The maximum atomic E-state index is 2.65. The first-order valence-corrected chi connectivity index (χ1v) is 25.2. The lowest BCUT2D eigenvalue weighted by atomic mass is 9.76. The highest BCUT2D eigenvalue weighted by Crippen LogP contribution is 2.59. The van der Waals surface area contributed by atoms with Crippen LogP contribution in [0, 0.1) is 0 Å². The third-order valence-electron chi connectivity index (χ3n) is 16.0. The van der Waals surface area contributed by atoms with E-state index in [4.69, 9.17) is 0 Å². The minimum absolute atomic E-state index is 0.0112. The summed E-state index contributed by atoms with van der Waals surface area (Å²) in [6, 6.07) is 55.3. The Balaban J connectivity index is 1.29. The van der Waals surface area contributed by atoms with Crippen molar-refractivity contribution in [2.75, 3.05) is 4.90 Å². The fourth-order valence-electron chi connectivity index (χ4n) is 11.9. The van der Waals surface area contributed by atoms with Gasteiger partial charge in [-0.3, -0.25) is 0 Å². The van der Waals surface area contributed by atoms with E-state index in [1.54, 1.807) is 0 Å². The number of hydrogen-bond donors (Lipinski definition) is 0. The summed E-state index contributed by atoms with van der Waals surface area (Å²) in [6.07, 6.45) is 4.92. The highest BCUT2D eigenvalue weighted by Gasteiger charge is 2.45. The lowest BCUT2D eigenvalue weighted by Gasteiger charge is -2.33. The molecule has 1 nitrogen and oxygen atoms in total. The molecule has 0 aromatic heterocycles. The van der Waals surface area contributed by atoms with Gasteiger partial charge in [0.25, 0.3) is 0 Å². The molecule has 0 aliphatic heterocycles. The van der Waals surface area contributed by atoms with Crippen LogP contribution in [-0.4, -0.2) is 0 Å². The van der Waals surface area contributed by atoms with Crippen LogP contribution < -0.4 is 4.90 Å². The summed E-state index contributed by atoms with van der Waals surface area (Å²) in [7, 11) is 0. The molecule has 0 unspecified atom stereocenters. The SMILES string of the molecule is CC(C)(C)c1cc(-c2ccc(C(C)(C)C)cc2-c2ccc(C(C)(C)C)cc2N(c2ccc3c(c2)C(C)(C)c2ccccc2-3)c2ccc3c(c2)C2(CCCC2)c2ccccc2-3)cc(C(C)(C)C)c1. The molecule has 3 aliphatic rings. The zero-order valence-corrected chi connectivity index (χ0v) is 43.1. The van der Waals surface area contributed by atoms with Crippen molar-refractivity contribution < 1.29 is 0 Å². The molecule has 342 valence electrons. The number of fused-ring (bicyclic) bond motifs is 8. The van der Waals surface area contributed by atoms with Crippen LogP contribution in [0.5, 0.6) is 0 Å². The molecule has 0 saturated heterocycles. The van der Waals surface area contributed by atoms with Gasteiger partial charge in [0, 0.05) is 27.8 Å². The number of rotatable bonds is 5. The molecule has 7 aromatic rings. The van der Waals surface area contributed by atoms with Crippen molar-refractivity contribution >= 4 is 17.1 Å². The molecular formula is C66H73N. The monoisotopic (exact) mass is 880 g/mol.